The van der Waals surface area contributed by atoms with Gasteiger partial charge in [-0.3, -0.25) is 4.79 Å². The summed E-state index contributed by atoms with van der Waals surface area (Å²) in [5.74, 6) is 0.356. The molecule has 0 saturated carbocycles. The highest BCUT2D eigenvalue weighted by Crippen LogP contribution is 2.29. The summed E-state index contributed by atoms with van der Waals surface area (Å²) in [5, 5.41) is 0. The maximum Gasteiger partial charge on any atom is 0.257 e. The van der Waals surface area contributed by atoms with Crippen LogP contribution >= 0.6 is 0 Å². The molecule has 1 aromatic carbocycles. The van der Waals surface area contributed by atoms with Gasteiger partial charge in [0.05, 0.1) is 24.5 Å². The molecule has 2 atom stereocenters. The predicted molar refractivity (Wildman–Crippen MR) is 83.5 cm³/mol. The van der Waals surface area contributed by atoms with Crippen molar-refractivity contribution in [3.05, 3.63) is 60.1 Å². The van der Waals surface area contributed by atoms with Gasteiger partial charge in [0.2, 0.25) is 0 Å². The molecule has 22 heavy (non-hydrogen) atoms. The first-order valence-electron chi connectivity index (χ1n) is 7.67. The Morgan fingerprint density at radius 1 is 1.18 bits per heavy atom. The highest BCUT2D eigenvalue weighted by Gasteiger charge is 2.33. The van der Waals surface area contributed by atoms with E-state index in [9.17, 15) is 4.79 Å². The summed E-state index contributed by atoms with van der Waals surface area (Å²) in [7, 11) is 0. The summed E-state index contributed by atoms with van der Waals surface area (Å²) >= 11 is 0. The summed E-state index contributed by atoms with van der Waals surface area (Å²) in [6.07, 6.45) is 2.98. The quantitative estimate of drug-likeness (QED) is 0.871. The van der Waals surface area contributed by atoms with Crippen molar-refractivity contribution in [1.29, 1.82) is 0 Å². The molecule has 0 radical (unpaired) electrons. The third-order valence-electron chi connectivity index (χ3n) is 4.10. The summed E-state index contributed by atoms with van der Waals surface area (Å²) < 4.78 is 11.2. The van der Waals surface area contributed by atoms with Gasteiger partial charge >= 0.3 is 0 Å². The lowest BCUT2D eigenvalue weighted by Crippen LogP contribution is -2.48. The average molecular weight is 299 g/mol. The Kier molecular flexibility index (Phi) is 4.29. The van der Waals surface area contributed by atoms with E-state index in [4.69, 9.17) is 9.15 Å². The number of furan rings is 1. The van der Waals surface area contributed by atoms with Gasteiger partial charge in [-0.05, 0) is 17.5 Å². The number of hydrogen-bond donors (Lipinski definition) is 0. The Morgan fingerprint density at radius 2 is 1.95 bits per heavy atom. The zero-order valence-electron chi connectivity index (χ0n) is 12.9. The van der Waals surface area contributed by atoms with Gasteiger partial charge in [0.15, 0.2) is 0 Å². The lowest BCUT2D eigenvalue weighted by molar-refractivity contribution is -0.0954. The van der Waals surface area contributed by atoms with Crippen molar-refractivity contribution in [2.24, 2.45) is 5.92 Å². The minimum absolute atomic E-state index is 0.00336. The minimum atomic E-state index is -0.0850. The minimum Gasteiger partial charge on any atom is -0.472 e. The van der Waals surface area contributed by atoms with Crippen LogP contribution in [0, 0.1) is 5.92 Å². The number of rotatable bonds is 3. The average Bonchev–Trinajstić information content (AvgIpc) is 3.09. The van der Waals surface area contributed by atoms with E-state index in [2.05, 4.69) is 13.8 Å². The highest BCUT2D eigenvalue weighted by molar-refractivity contribution is 5.93. The lowest BCUT2D eigenvalue weighted by atomic mass is 10.0. The molecule has 2 heterocycles. The van der Waals surface area contributed by atoms with Gasteiger partial charge in [0.25, 0.3) is 5.91 Å². The smallest absolute Gasteiger partial charge is 0.257 e. The Labute approximate surface area is 130 Å². The number of carbonyl (C=O) groups is 1. The van der Waals surface area contributed by atoms with Crippen LogP contribution in [0.15, 0.2) is 53.3 Å². The third kappa shape index (κ3) is 3.07. The summed E-state index contributed by atoms with van der Waals surface area (Å²) in [6, 6.07) is 11.8. The second-order valence-corrected chi connectivity index (χ2v) is 6.04. The fraction of sp³-hybridized carbons (Fsp3) is 0.389. The Morgan fingerprint density at radius 3 is 2.59 bits per heavy atom. The SMILES string of the molecule is CC(C)[C@H]1CN(C(=O)c2ccoc2)C[C@@H](c2ccccc2)O1. The molecule has 116 valence electrons. The van der Waals surface area contributed by atoms with E-state index in [0.717, 1.165) is 5.56 Å². The van der Waals surface area contributed by atoms with Gasteiger partial charge < -0.3 is 14.1 Å². The molecule has 1 saturated heterocycles. The van der Waals surface area contributed by atoms with Crippen molar-refractivity contribution in [2.75, 3.05) is 13.1 Å². The molecule has 0 spiro atoms. The highest BCUT2D eigenvalue weighted by atomic mass is 16.5. The first kappa shape index (κ1) is 14.9. The van der Waals surface area contributed by atoms with Gasteiger partial charge in [-0.15, -0.1) is 0 Å². The Balaban J connectivity index is 1.83. The standard InChI is InChI=1S/C18H21NO3/c1-13(2)16-10-19(18(20)15-8-9-21-12-15)11-17(22-16)14-6-4-3-5-7-14/h3-9,12-13,16-17H,10-11H2,1-2H3/t16-,17+/m1/s1. The van der Waals surface area contributed by atoms with Crippen molar-refractivity contribution in [2.45, 2.75) is 26.1 Å². The largest absolute Gasteiger partial charge is 0.472 e. The molecular weight excluding hydrogens is 278 g/mol. The second-order valence-electron chi connectivity index (χ2n) is 6.04. The fourth-order valence-electron chi connectivity index (χ4n) is 2.74. The van der Waals surface area contributed by atoms with Crippen LogP contribution in [0.25, 0.3) is 0 Å². The van der Waals surface area contributed by atoms with Crippen LogP contribution in [0.3, 0.4) is 0 Å². The normalized spacial score (nSPS) is 22.0. The zero-order chi connectivity index (χ0) is 15.5. The van der Waals surface area contributed by atoms with Crippen LogP contribution in [-0.4, -0.2) is 30.0 Å². The van der Waals surface area contributed by atoms with Gasteiger partial charge in [0.1, 0.15) is 12.4 Å². The zero-order valence-corrected chi connectivity index (χ0v) is 12.9. The number of ether oxygens (including phenoxy) is 1. The van der Waals surface area contributed by atoms with Crippen molar-refractivity contribution >= 4 is 5.91 Å². The molecular formula is C18H21NO3. The van der Waals surface area contributed by atoms with Crippen molar-refractivity contribution in [1.82, 2.24) is 4.90 Å². The molecule has 0 N–H and O–H groups in total. The number of nitrogens with zero attached hydrogens (tertiary/aromatic N) is 1. The third-order valence-corrected chi connectivity index (χ3v) is 4.10. The van der Waals surface area contributed by atoms with E-state index in [1.165, 1.54) is 12.5 Å². The van der Waals surface area contributed by atoms with Gasteiger partial charge in [0, 0.05) is 6.54 Å². The molecule has 1 amide bonds. The van der Waals surface area contributed by atoms with Crippen LogP contribution in [0.2, 0.25) is 0 Å². The molecule has 0 aliphatic carbocycles. The first-order valence-corrected chi connectivity index (χ1v) is 7.67. The van der Waals surface area contributed by atoms with E-state index in [-0.39, 0.29) is 18.1 Å². The van der Waals surface area contributed by atoms with E-state index < -0.39 is 0 Å². The van der Waals surface area contributed by atoms with Crippen LogP contribution in [-0.2, 0) is 4.74 Å². The molecule has 2 aromatic rings. The van der Waals surface area contributed by atoms with Crippen molar-refractivity contribution in [3.63, 3.8) is 0 Å². The van der Waals surface area contributed by atoms with Gasteiger partial charge in [-0.25, -0.2) is 0 Å². The van der Waals surface area contributed by atoms with Crippen LogP contribution in [0.1, 0.15) is 35.9 Å². The van der Waals surface area contributed by atoms with E-state index in [1.54, 1.807) is 6.07 Å². The van der Waals surface area contributed by atoms with Crippen molar-refractivity contribution < 1.29 is 13.9 Å². The van der Waals surface area contributed by atoms with E-state index >= 15 is 0 Å². The number of amides is 1. The van der Waals surface area contributed by atoms with Crippen LogP contribution < -0.4 is 0 Å². The summed E-state index contributed by atoms with van der Waals surface area (Å²) in [5.41, 5.74) is 1.70. The van der Waals surface area contributed by atoms with Crippen LogP contribution in [0.4, 0.5) is 0 Å². The van der Waals surface area contributed by atoms with E-state index in [1.807, 2.05) is 35.2 Å². The lowest BCUT2D eigenvalue weighted by Gasteiger charge is -2.40. The van der Waals surface area contributed by atoms with Gasteiger partial charge in [-0.1, -0.05) is 44.2 Å². The molecule has 3 rings (SSSR count). The molecule has 4 heteroatoms. The maximum atomic E-state index is 12.6. The molecule has 1 aromatic heterocycles. The van der Waals surface area contributed by atoms with E-state index in [0.29, 0.717) is 24.6 Å². The summed E-state index contributed by atoms with van der Waals surface area (Å²) in [4.78, 5) is 14.5. The van der Waals surface area contributed by atoms with Gasteiger partial charge in [-0.2, -0.15) is 0 Å². The number of morpholine rings is 1. The maximum absolute atomic E-state index is 12.6. The second kappa shape index (κ2) is 6.36. The predicted octanol–water partition coefficient (Wildman–Crippen LogP) is 3.52. The number of hydrogen-bond acceptors (Lipinski definition) is 3. The Bertz CT molecular complexity index is 607. The molecule has 4 nitrogen and oxygen atoms in total. The Hall–Kier alpha value is -2.07. The molecule has 1 aliphatic heterocycles. The summed E-state index contributed by atoms with van der Waals surface area (Å²) in [6.45, 7) is 5.43. The monoisotopic (exact) mass is 299 g/mol. The first-order chi connectivity index (χ1) is 10.6. The number of carbonyl (C=O) groups excluding carboxylic acids is 1. The molecule has 1 aliphatic rings. The van der Waals surface area contributed by atoms with Crippen molar-refractivity contribution in [3.8, 4) is 0 Å². The topological polar surface area (TPSA) is 42.7 Å². The molecule has 0 bridgehead atoms. The number of benzene rings is 1. The van der Waals surface area contributed by atoms with Crippen LogP contribution in [0.5, 0.6) is 0 Å². The molecule has 1 fully saturated rings. The fourth-order valence-corrected chi connectivity index (χ4v) is 2.74. The molecule has 0 unspecified atom stereocenters.